The smallest absolute Gasteiger partial charge is 0.245 e. The number of benzene rings is 1. The van der Waals surface area contributed by atoms with Crippen LogP contribution in [0.5, 0.6) is 0 Å². The van der Waals surface area contributed by atoms with Gasteiger partial charge in [-0.25, -0.2) is 13.1 Å². The van der Waals surface area contributed by atoms with Crippen LogP contribution in [0.2, 0.25) is 15.2 Å². The quantitative estimate of drug-likeness (QED) is 0.901. The molecular formula is C12H12Cl3N3O2S. The van der Waals surface area contributed by atoms with Crippen LogP contribution in [0.4, 0.5) is 0 Å². The highest BCUT2D eigenvalue weighted by atomic mass is 35.5. The second kappa shape index (κ2) is 6.14. The molecule has 0 aliphatic rings. The Balaban J connectivity index is 2.24. The van der Waals surface area contributed by atoms with Crippen molar-refractivity contribution in [3.8, 4) is 0 Å². The zero-order valence-corrected chi connectivity index (χ0v) is 14.3. The van der Waals surface area contributed by atoms with Crippen molar-refractivity contribution in [2.24, 2.45) is 7.05 Å². The van der Waals surface area contributed by atoms with E-state index in [0.717, 1.165) is 0 Å². The summed E-state index contributed by atoms with van der Waals surface area (Å²) in [5.41, 5.74) is 1.02. The van der Waals surface area contributed by atoms with Gasteiger partial charge in [-0.1, -0.05) is 40.9 Å². The number of sulfonamides is 1. The first-order valence-electron chi connectivity index (χ1n) is 5.85. The molecular weight excluding hydrogens is 357 g/mol. The number of nitrogens with zero attached hydrogens (tertiary/aromatic N) is 2. The second-order valence-electron chi connectivity index (χ2n) is 4.40. The lowest BCUT2D eigenvalue weighted by atomic mass is 10.2. The van der Waals surface area contributed by atoms with Gasteiger partial charge in [0, 0.05) is 13.6 Å². The Morgan fingerprint density at radius 1 is 1.24 bits per heavy atom. The fraction of sp³-hybridized carbons (Fsp3) is 0.250. The Kier molecular flexibility index (Phi) is 4.85. The molecule has 0 amide bonds. The molecule has 21 heavy (non-hydrogen) atoms. The predicted molar refractivity (Wildman–Crippen MR) is 83.4 cm³/mol. The van der Waals surface area contributed by atoms with E-state index in [1.807, 2.05) is 0 Å². The van der Waals surface area contributed by atoms with Crippen LogP contribution in [0.25, 0.3) is 0 Å². The minimum Gasteiger partial charge on any atom is -0.255 e. The predicted octanol–water partition coefficient (Wildman–Crippen LogP) is 3.17. The third kappa shape index (κ3) is 3.52. The third-order valence-corrected chi connectivity index (χ3v) is 5.65. The van der Waals surface area contributed by atoms with Crippen LogP contribution in [-0.2, 0) is 23.6 Å². The maximum atomic E-state index is 12.3. The lowest BCUT2D eigenvalue weighted by molar-refractivity contribution is 0.580. The van der Waals surface area contributed by atoms with E-state index >= 15 is 0 Å². The van der Waals surface area contributed by atoms with Crippen molar-refractivity contribution in [2.75, 3.05) is 0 Å². The topological polar surface area (TPSA) is 64.0 Å². The summed E-state index contributed by atoms with van der Waals surface area (Å²) in [6.45, 7) is 1.66. The van der Waals surface area contributed by atoms with E-state index in [0.29, 0.717) is 21.3 Å². The van der Waals surface area contributed by atoms with Crippen molar-refractivity contribution >= 4 is 44.8 Å². The highest BCUT2D eigenvalue weighted by molar-refractivity contribution is 7.89. The van der Waals surface area contributed by atoms with Crippen molar-refractivity contribution in [3.63, 3.8) is 0 Å². The SMILES string of the molecule is Cc1nn(C)c(Cl)c1S(=O)(=O)NCc1ccc(Cl)c(Cl)c1. The first-order valence-corrected chi connectivity index (χ1v) is 8.47. The average molecular weight is 369 g/mol. The van der Waals surface area contributed by atoms with Crippen LogP contribution in [0.3, 0.4) is 0 Å². The number of rotatable bonds is 4. The summed E-state index contributed by atoms with van der Waals surface area (Å²) >= 11 is 17.7. The van der Waals surface area contributed by atoms with Gasteiger partial charge in [-0.2, -0.15) is 5.10 Å². The third-order valence-electron chi connectivity index (χ3n) is 2.82. The second-order valence-corrected chi connectivity index (χ2v) is 7.28. The van der Waals surface area contributed by atoms with Gasteiger partial charge in [0.25, 0.3) is 0 Å². The van der Waals surface area contributed by atoms with E-state index in [1.54, 1.807) is 32.2 Å². The van der Waals surface area contributed by atoms with Crippen LogP contribution in [0.1, 0.15) is 11.3 Å². The first-order chi connectivity index (χ1) is 9.72. The Hall–Kier alpha value is -0.790. The molecule has 0 atom stereocenters. The number of aryl methyl sites for hydroxylation is 2. The van der Waals surface area contributed by atoms with E-state index in [9.17, 15) is 8.42 Å². The normalized spacial score (nSPS) is 11.9. The Morgan fingerprint density at radius 2 is 1.90 bits per heavy atom. The van der Waals surface area contributed by atoms with Gasteiger partial charge >= 0.3 is 0 Å². The standard InChI is InChI=1S/C12H12Cl3N3O2S/c1-7-11(12(15)18(2)17-7)21(19,20)16-6-8-3-4-9(13)10(14)5-8/h3-5,16H,6H2,1-2H3. The van der Waals surface area contributed by atoms with Gasteiger partial charge in [-0.05, 0) is 24.6 Å². The van der Waals surface area contributed by atoms with Crippen LogP contribution in [0.15, 0.2) is 23.1 Å². The maximum Gasteiger partial charge on any atom is 0.245 e. The molecule has 9 heteroatoms. The van der Waals surface area contributed by atoms with Crippen molar-refractivity contribution < 1.29 is 8.42 Å². The maximum absolute atomic E-state index is 12.3. The molecule has 1 aromatic heterocycles. The fourth-order valence-electron chi connectivity index (χ4n) is 1.82. The Bertz CT molecular complexity index is 787. The van der Waals surface area contributed by atoms with Gasteiger partial charge in [-0.15, -0.1) is 0 Å². The van der Waals surface area contributed by atoms with Crippen LogP contribution >= 0.6 is 34.8 Å². The summed E-state index contributed by atoms with van der Waals surface area (Å²) in [4.78, 5) is -0.0215. The monoisotopic (exact) mass is 367 g/mol. The molecule has 0 spiro atoms. The van der Waals surface area contributed by atoms with Gasteiger partial charge < -0.3 is 0 Å². The van der Waals surface area contributed by atoms with E-state index in [4.69, 9.17) is 34.8 Å². The number of aromatic nitrogens is 2. The molecule has 2 aromatic rings. The molecule has 0 radical (unpaired) electrons. The highest BCUT2D eigenvalue weighted by Gasteiger charge is 2.24. The van der Waals surface area contributed by atoms with Crippen LogP contribution < -0.4 is 4.72 Å². The van der Waals surface area contributed by atoms with Gasteiger partial charge in [0.15, 0.2) is 0 Å². The molecule has 1 heterocycles. The van der Waals surface area contributed by atoms with E-state index in [2.05, 4.69) is 9.82 Å². The number of nitrogens with one attached hydrogen (secondary N) is 1. The molecule has 114 valence electrons. The molecule has 0 unspecified atom stereocenters. The molecule has 1 N–H and O–H groups in total. The van der Waals surface area contributed by atoms with Gasteiger partial charge in [0.2, 0.25) is 10.0 Å². The summed E-state index contributed by atoms with van der Waals surface area (Å²) < 4.78 is 28.4. The number of halogens is 3. The zero-order valence-electron chi connectivity index (χ0n) is 11.2. The minimum atomic E-state index is -3.76. The van der Waals surface area contributed by atoms with Crippen LogP contribution in [0, 0.1) is 6.92 Å². The summed E-state index contributed by atoms with van der Waals surface area (Å²) in [7, 11) is -2.19. The number of hydrogen-bond acceptors (Lipinski definition) is 3. The molecule has 0 saturated heterocycles. The molecule has 0 saturated carbocycles. The summed E-state index contributed by atoms with van der Waals surface area (Å²) in [6.07, 6.45) is 0. The molecule has 0 aliphatic carbocycles. The first kappa shape index (κ1) is 16.6. The largest absolute Gasteiger partial charge is 0.255 e. The molecule has 0 bridgehead atoms. The molecule has 2 rings (SSSR count). The van der Waals surface area contributed by atoms with Crippen molar-refractivity contribution in [1.29, 1.82) is 0 Å². The van der Waals surface area contributed by atoms with E-state index in [1.165, 1.54) is 4.68 Å². The summed E-state index contributed by atoms with van der Waals surface area (Å²) in [5, 5.41) is 4.82. The Morgan fingerprint density at radius 3 is 2.43 bits per heavy atom. The fourth-order valence-corrected chi connectivity index (χ4v) is 3.90. The number of hydrogen-bond donors (Lipinski definition) is 1. The molecule has 5 nitrogen and oxygen atoms in total. The van der Waals surface area contributed by atoms with E-state index < -0.39 is 10.0 Å². The summed E-state index contributed by atoms with van der Waals surface area (Å²) in [5.74, 6) is 0. The van der Waals surface area contributed by atoms with Crippen molar-refractivity contribution in [3.05, 3.63) is 44.7 Å². The van der Waals surface area contributed by atoms with E-state index in [-0.39, 0.29) is 16.6 Å². The average Bonchev–Trinajstić information content (AvgIpc) is 2.65. The highest BCUT2D eigenvalue weighted by Crippen LogP contribution is 2.25. The molecule has 0 aliphatic heterocycles. The minimum absolute atomic E-state index is 0.0215. The molecule has 0 fully saturated rings. The van der Waals surface area contributed by atoms with Crippen molar-refractivity contribution in [2.45, 2.75) is 18.4 Å². The van der Waals surface area contributed by atoms with Gasteiger partial charge in [0.05, 0.1) is 15.7 Å². The zero-order chi connectivity index (χ0) is 15.8. The van der Waals surface area contributed by atoms with Gasteiger partial charge in [-0.3, -0.25) is 4.68 Å². The van der Waals surface area contributed by atoms with Gasteiger partial charge in [0.1, 0.15) is 10.0 Å². The lowest BCUT2D eigenvalue weighted by Crippen LogP contribution is -2.24. The Labute approximate surface area is 137 Å². The molecule has 1 aromatic carbocycles. The lowest BCUT2D eigenvalue weighted by Gasteiger charge is -2.07. The van der Waals surface area contributed by atoms with Crippen LogP contribution in [-0.4, -0.2) is 18.2 Å². The summed E-state index contributed by atoms with van der Waals surface area (Å²) in [6, 6.07) is 4.90. The van der Waals surface area contributed by atoms with Crippen molar-refractivity contribution in [1.82, 2.24) is 14.5 Å².